The summed E-state index contributed by atoms with van der Waals surface area (Å²) in [6.45, 7) is 0. The zero-order valence-corrected chi connectivity index (χ0v) is 11.6. The molecule has 6 heteroatoms. The third-order valence-corrected chi connectivity index (χ3v) is 3.33. The minimum atomic E-state index is -0.540. The Balaban J connectivity index is 2.11. The highest BCUT2D eigenvalue weighted by atomic mass is 16.6. The molecule has 0 aliphatic carbocycles. The van der Waals surface area contributed by atoms with E-state index in [2.05, 4.69) is 0 Å². The van der Waals surface area contributed by atoms with Crippen molar-refractivity contribution in [2.75, 3.05) is 7.11 Å². The number of nitro benzene ring substituents is 1. The zero-order valence-electron chi connectivity index (χ0n) is 11.6. The normalized spacial score (nSPS) is 14.6. The molecule has 2 aromatic carbocycles. The van der Waals surface area contributed by atoms with E-state index in [1.807, 2.05) is 0 Å². The number of hydrogen-bond donors (Lipinski definition) is 0. The van der Waals surface area contributed by atoms with E-state index >= 15 is 0 Å². The Bertz CT molecular complexity index is 810. The number of carbonyl (C=O) groups excluding carboxylic acids is 1. The molecule has 22 heavy (non-hydrogen) atoms. The summed E-state index contributed by atoms with van der Waals surface area (Å²) in [7, 11) is 1.52. The Hall–Kier alpha value is -3.15. The van der Waals surface area contributed by atoms with Gasteiger partial charge in [0.15, 0.2) is 0 Å². The van der Waals surface area contributed by atoms with Gasteiger partial charge in [-0.2, -0.15) is 0 Å². The first kappa shape index (κ1) is 13.8. The average Bonchev–Trinajstić information content (AvgIpc) is 2.82. The number of para-hydroxylation sites is 1. The second-order valence-corrected chi connectivity index (χ2v) is 4.63. The smallest absolute Gasteiger partial charge is 0.344 e. The summed E-state index contributed by atoms with van der Waals surface area (Å²) in [4.78, 5) is 22.6. The van der Waals surface area contributed by atoms with Crippen LogP contribution in [0.4, 0.5) is 5.69 Å². The number of hydrogen-bond acceptors (Lipinski definition) is 5. The van der Waals surface area contributed by atoms with Crippen molar-refractivity contribution < 1.29 is 19.2 Å². The predicted molar refractivity (Wildman–Crippen MR) is 79.6 cm³/mol. The second kappa shape index (κ2) is 5.33. The maximum Gasteiger partial charge on any atom is 0.344 e. The first-order valence-corrected chi connectivity index (χ1v) is 6.46. The number of carbonyl (C=O) groups is 1. The summed E-state index contributed by atoms with van der Waals surface area (Å²) in [5, 5.41) is 11.0. The SMILES string of the molecule is COc1ccc2c(c1)OC(=O)/C2=C\c1ccccc1[N+](=O)[O-]. The number of fused-ring (bicyclic) bond motifs is 1. The molecule has 1 aliphatic rings. The number of rotatable bonds is 3. The van der Waals surface area contributed by atoms with Gasteiger partial charge in [0, 0.05) is 17.7 Å². The summed E-state index contributed by atoms with van der Waals surface area (Å²) in [6.07, 6.45) is 1.47. The lowest BCUT2D eigenvalue weighted by Gasteiger charge is -2.01. The molecule has 110 valence electrons. The molecular weight excluding hydrogens is 286 g/mol. The van der Waals surface area contributed by atoms with Crippen molar-refractivity contribution in [3.63, 3.8) is 0 Å². The monoisotopic (exact) mass is 297 g/mol. The van der Waals surface area contributed by atoms with Crippen LogP contribution < -0.4 is 9.47 Å². The minimum Gasteiger partial charge on any atom is -0.497 e. The number of ether oxygens (including phenoxy) is 2. The third-order valence-electron chi connectivity index (χ3n) is 3.33. The maximum absolute atomic E-state index is 12.0. The highest BCUT2D eigenvalue weighted by Gasteiger charge is 2.28. The summed E-state index contributed by atoms with van der Waals surface area (Å²) < 4.78 is 10.3. The molecule has 0 saturated carbocycles. The molecule has 0 spiro atoms. The molecule has 6 nitrogen and oxygen atoms in total. The van der Waals surface area contributed by atoms with E-state index in [1.54, 1.807) is 36.4 Å². The van der Waals surface area contributed by atoms with Crippen LogP contribution in [0.5, 0.6) is 11.5 Å². The van der Waals surface area contributed by atoms with Gasteiger partial charge in [-0.1, -0.05) is 12.1 Å². The lowest BCUT2D eigenvalue weighted by molar-refractivity contribution is -0.385. The molecule has 1 aliphatic heterocycles. The van der Waals surface area contributed by atoms with Crippen LogP contribution in [0.2, 0.25) is 0 Å². The van der Waals surface area contributed by atoms with Gasteiger partial charge in [0.05, 0.1) is 23.2 Å². The van der Waals surface area contributed by atoms with Crippen molar-refractivity contribution in [2.24, 2.45) is 0 Å². The fraction of sp³-hybridized carbons (Fsp3) is 0.0625. The van der Waals surface area contributed by atoms with E-state index in [1.165, 1.54) is 19.3 Å². The third kappa shape index (κ3) is 2.31. The molecule has 0 fully saturated rings. The maximum atomic E-state index is 12.0. The molecular formula is C16H11NO5. The Morgan fingerprint density at radius 1 is 1.23 bits per heavy atom. The van der Waals surface area contributed by atoms with E-state index in [4.69, 9.17) is 9.47 Å². The lowest BCUT2D eigenvalue weighted by atomic mass is 10.0. The van der Waals surface area contributed by atoms with Gasteiger partial charge in [0.1, 0.15) is 11.5 Å². The van der Waals surface area contributed by atoms with Gasteiger partial charge in [0.2, 0.25) is 0 Å². The standard InChI is InChI=1S/C16H11NO5/c1-21-11-6-7-12-13(16(18)22-15(12)9-11)8-10-4-2-3-5-14(10)17(19)20/h2-9H,1H3/b13-8-. The summed E-state index contributed by atoms with van der Waals surface area (Å²) in [5.41, 5.74) is 1.16. The number of esters is 1. The highest BCUT2D eigenvalue weighted by Crippen LogP contribution is 2.38. The van der Waals surface area contributed by atoms with Gasteiger partial charge in [0.25, 0.3) is 5.69 Å². The molecule has 1 heterocycles. The van der Waals surface area contributed by atoms with Crippen LogP contribution in [0, 0.1) is 10.1 Å². The van der Waals surface area contributed by atoms with Crippen LogP contribution in [0.25, 0.3) is 11.6 Å². The van der Waals surface area contributed by atoms with E-state index in [0.29, 0.717) is 22.6 Å². The molecule has 0 bridgehead atoms. The van der Waals surface area contributed by atoms with Gasteiger partial charge in [-0.25, -0.2) is 4.79 Å². The molecule has 0 atom stereocenters. The number of nitro groups is 1. The van der Waals surface area contributed by atoms with Gasteiger partial charge in [-0.15, -0.1) is 0 Å². The Morgan fingerprint density at radius 3 is 2.73 bits per heavy atom. The largest absolute Gasteiger partial charge is 0.497 e. The topological polar surface area (TPSA) is 78.7 Å². The molecule has 2 aromatic rings. The molecule has 0 saturated heterocycles. The van der Waals surface area contributed by atoms with Crippen LogP contribution in [0.3, 0.4) is 0 Å². The van der Waals surface area contributed by atoms with Crippen molar-refractivity contribution in [1.82, 2.24) is 0 Å². The van der Waals surface area contributed by atoms with Crippen molar-refractivity contribution in [3.05, 3.63) is 63.7 Å². The molecule has 0 unspecified atom stereocenters. The molecule has 0 aromatic heterocycles. The van der Waals surface area contributed by atoms with Crippen molar-refractivity contribution in [1.29, 1.82) is 0 Å². The number of nitrogens with zero attached hydrogens (tertiary/aromatic N) is 1. The van der Waals surface area contributed by atoms with Crippen molar-refractivity contribution in [3.8, 4) is 11.5 Å². The summed E-state index contributed by atoms with van der Waals surface area (Å²) in [5.74, 6) is 0.411. The van der Waals surface area contributed by atoms with Gasteiger partial charge < -0.3 is 9.47 Å². The van der Waals surface area contributed by atoms with Crippen LogP contribution in [-0.2, 0) is 4.79 Å². The fourth-order valence-corrected chi connectivity index (χ4v) is 2.27. The molecule has 0 amide bonds. The fourth-order valence-electron chi connectivity index (χ4n) is 2.27. The average molecular weight is 297 g/mol. The minimum absolute atomic E-state index is 0.0650. The lowest BCUT2D eigenvalue weighted by Crippen LogP contribution is -2.01. The quantitative estimate of drug-likeness (QED) is 0.286. The molecule has 3 rings (SSSR count). The van der Waals surface area contributed by atoms with Gasteiger partial charge in [-0.3, -0.25) is 10.1 Å². The Morgan fingerprint density at radius 2 is 2.00 bits per heavy atom. The van der Waals surface area contributed by atoms with Crippen molar-refractivity contribution >= 4 is 23.3 Å². The second-order valence-electron chi connectivity index (χ2n) is 4.63. The number of methoxy groups -OCH3 is 1. The van der Waals surface area contributed by atoms with E-state index in [-0.39, 0.29) is 11.3 Å². The first-order chi connectivity index (χ1) is 10.6. The zero-order chi connectivity index (χ0) is 15.7. The Kier molecular flexibility index (Phi) is 3.34. The predicted octanol–water partition coefficient (Wildman–Crippen LogP) is 3.06. The summed E-state index contributed by atoms with van der Waals surface area (Å²) >= 11 is 0. The molecule has 0 radical (unpaired) electrons. The van der Waals surface area contributed by atoms with Gasteiger partial charge in [-0.05, 0) is 24.3 Å². The van der Waals surface area contributed by atoms with Crippen LogP contribution in [-0.4, -0.2) is 18.0 Å². The van der Waals surface area contributed by atoms with Crippen LogP contribution in [0.15, 0.2) is 42.5 Å². The first-order valence-electron chi connectivity index (χ1n) is 6.46. The van der Waals surface area contributed by atoms with Crippen molar-refractivity contribution in [2.45, 2.75) is 0 Å². The van der Waals surface area contributed by atoms with E-state index in [9.17, 15) is 14.9 Å². The van der Waals surface area contributed by atoms with E-state index < -0.39 is 10.9 Å². The van der Waals surface area contributed by atoms with Crippen LogP contribution in [0.1, 0.15) is 11.1 Å². The van der Waals surface area contributed by atoms with E-state index in [0.717, 1.165) is 0 Å². The highest BCUT2D eigenvalue weighted by molar-refractivity contribution is 6.26. The van der Waals surface area contributed by atoms with Crippen LogP contribution >= 0.6 is 0 Å². The Labute approximate surface area is 125 Å². The summed E-state index contributed by atoms with van der Waals surface area (Å²) in [6, 6.07) is 11.2. The molecule has 0 N–H and O–H groups in total. The van der Waals surface area contributed by atoms with Gasteiger partial charge >= 0.3 is 5.97 Å². The number of benzene rings is 2.